The first-order valence-corrected chi connectivity index (χ1v) is 6.66. The number of carbonyl (C=O) groups is 1. The van der Waals surface area contributed by atoms with Crippen LogP contribution >= 0.6 is 0 Å². The third kappa shape index (κ3) is 1830. The van der Waals surface area contributed by atoms with Gasteiger partial charge in [0.15, 0.2) is 0 Å². The molecule has 134 valence electrons. The third-order valence-electron chi connectivity index (χ3n) is 0.135. The second-order valence-corrected chi connectivity index (χ2v) is 4.75. The van der Waals surface area contributed by atoms with Crippen molar-refractivity contribution in [2.24, 2.45) is 0 Å². The summed E-state index contributed by atoms with van der Waals surface area (Å²) < 4.78 is 0. The number of aliphatic hydroxyl groups excluding tert-OH is 1. The van der Waals surface area contributed by atoms with Gasteiger partial charge in [0.05, 0.1) is 0 Å². The van der Waals surface area contributed by atoms with Gasteiger partial charge in [-0.2, -0.15) is 0 Å². The van der Waals surface area contributed by atoms with E-state index in [9.17, 15) is 20.4 Å². The Morgan fingerprint density at radius 3 is 0.773 bits per heavy atom. The topological polar surface area (TPSA) is 150 Å². The van der Waals surface area contributed by atoms with Crippen molar-refractivity contribution in [1.82, 2.24) is 0 Å². The summed E-state index contributed by atoms with van der Waals surface area (Å²) >= 11 is 0. The van der Waals surface area contributed by atoms with Crippen LogP contribution in [0.25, 0.3) is 0 Å². The van der Waals surface area contributed by atoms with Gasteiger partial charge < -0.3 is 30.6 Å². The van der Waals surface area contributed by atoms with Crippen molar-refractivity contribution >= 4 is 5.97 Å². The molecule has 0 heterocycles. The summed E-state index contributed by atoms with van der Waals surface area (Å²) in [4.78, 5) is 9.12. The van der Waals surface area contributed by atoms with E-state index in [0.717, 1.165) is 0 Å². The molecule has 0 aromatic carbocycles. The van der Waals surface area contributed by atoms with Crippen molar-refractivity contribution < 1.29 is 57.2 Å². The maximum atomic E-state index is 9.53. The molecule has 0 aliphatic rings. The molecule has 0 aliphatic heterocycles. The predicted molar refractivity (Wildman–Crippen MR) is 75.3 cm³/mol. The van der Waals surface area contributed by atoms with E-state index >= 15 is 0 Å². The molecule has 0 saturated carbocycles. The Balaban J connectivity index is -0.0000000361. The van der Waals surface area contributed by atoms with Crippen LogP contribution in [0.3, 0.4) is 0 Å². The van der Waals surface area contributed by atoms with E-state index in [-0.39, 0.29) is 21.7 Å². The summed E-state index contributed by atoms with van der Waals surface area (Å²) in [5.41, 5.74) is 0. The van der Waals surface area contributed by atoms with Crippen molar-refractivity contribution in [2.45, 2.75) is 79.8 Å². The molecule has 0 aliphatic carbocycles. The zero-order valence-electron chi connectivity index (χ0n) is 15.0. The zero-order valence-corrected chi connectivity index (χ0v) is 16.5. The van der Waals surface area contributed by atoms with E-state index < -0.39 is 37.0 Å². The van der Waals surface area contributed by atoms with Gasteiger partial charge in [0.1, 0.15) is 6.61 Å². The fourth-order valence-corrected chi connectivity index (χ4v) is 0. The van der Waals surface area contributed by atoms with Crippen LogP contribution < -0.4 is 20.4 Å². The number of hydrogen-bond acceptors (Lipinski definition) is 6. The van der Waals surface area contributed by atoms with Gasteiger partial charge >= 0.3 is 27.7 Å². The smallest absolute Gasteiger partial charge is 0.852 e. The monoisotopic (exact) mass is 360 g/mol. The van der Waals surface area contributed by atoms with E-state index in [4.69, 9.17) is 15.0 Å². The number of hydrogen-bond donors (Lipinski definition) is 2. The summed E-state index contributed by atoms with van der Waals surface area (Å²) in [6.45, 7) is 12.1. The van der Waals surface area contributed by atoms with Crippen LogP contribution in [0.15, 0.2) is 0 Å². The van der Waals surface area contributed by atoms with E-state index in [1.165, 1.54) is 0 Å². The summed E-state index contributed by atoms with van der Waals surface area (Å²) in [5.74, 6) is -1.19. The van der Waals surface area contributed by atoms with Gasteiger partial charge in [-0.05, 0) is 0 Å². The first-order chi connectivity index (χ1) is 9.20. The Bertz CT molecular complexity index is 140. The molecule has 8 heteroatoms. The summed E-state index contributed by atoms with van der Waals surface area (Å²) in [7, 11) is 0. The van der Waals surface area contributed by atoms with Gasteiger partial charge in [-0.15, -0.1) is 24.4 Å². The largest absolute Gasteiger partial charge is 4.00 e. The normalized spacial score (nSPS) is 8.23. The molecule has 0 spiro atoms. The summed E-state index contributed by atoms with van der Waals surface area (Å²) in [6, 6.07) is 0. The molecule has 0 unspecified atom stereocenters. The number of carboxylic acid groups (broad SMARTS) is 1. The molecule has 0 bridgehead atoms. The van der Waals surface area contributed by atoms with E-state index in [1.54, 1.807) is 55.4 Å². The summed E-state index contributed by atoms with van der Waals surface area (Å²) in [5, 5.41) is 53.1. The summed E-state index contributed by atoms with van der Waals surface area (Å²) in [6.07, 6.45) is -1.67. The molecule has 0 radical (unpaired) electrons. The van der Waals surface area contributed by atoms with Crippen LogP contribution in [-0.4, -0.2) is 47.2 Å². The maximum absolute atomic E-state index is 9.53. The molecule has 0 amide bonds. The Kier molecular flexibility index (Phi) is 56.5. The predicted octanol–water partition coefficient (Wildman–Crippen LogP) is -1.92. The molecule has 7 nitrogen and oxygen atoms in total. The van der Waals surface area contributed by atoms with Gasteiger partial charge in [0.25, 0.3) is 0 Å². The number of rotatable bonds is 1. The van der Waals surface area contributed by atoms with Gasteiger partial charge in [-0.3, -0.25) is 0 Å². The maximum Gasteiger partial charge on any atom is 4.00 e. The van der Waals surface area contributed by atoms with E-state index in [0.29, 0.717) is 0 Å². The van der Waals surface area contributed by atoms with Crippen molar-refractivity contribution in [1.29, 1.82) is 0 Å². The van der Waals surface area contributed by atoms with Crippen molar-refractivity contribution in [3.63, 3.8) is 0 Å². The Morgan fingerprint density at radius 1 is 0.727 bits per heavy atom. The first-order valence-electron chi connectivity index (χ1n) is 6.66. The van der Waals surface area contributed by atoms with Gasteiger partial charge in [-0.1, -0.05) is 55.4 Å². The fourth-order valence-electron chi connectivity index (χ4n) is 0. The second kappa shape index (κ2) is 32.8. The second-order valence-electron chi connectivity index (χ2n) is 4.75. The van der Waals surface area contributed by atoms with Crippen LogP contribution in [0.4, 0.5) is 0 Å². The standard InChI is InChI=1S/4C3H7O.C2H4O3.Ti/c4*1-3(2)4;3-1-2(4)5;/h4*3H,1-2H3;3H,1H2,(H,4,5);/q4*-1;;+4. The van der Waals surface area contributed by atoms with Crippen molar-refractivity contribution in [3.05, 3.63) is 0 Å². The average Bonchev–Trinajstić information content (AvgIpc) is 2.13. The van der Waals surface area contributed by atoms with E-state index in [2.05, 4.69) is 0 Å². The van der Waals surface area contributed by atoms with Gasteiger partial charge in [-0.25, -0.2) is 4.79 Å². The van der Waals surface area contributed by atoms with Crippen molar-refractivity contribution in [3.8, 4) is 0 Å². The molecule has 0 atom stereocenters. The van der Waals surface area contributed by atoms with E-state index in [1.807, 2.05) is 0 Å². The minimum Gasteiger partial charge on any atom is -0.852 e. The van der Waals surface area contributed by atoms with Gasteiger partial charge in [0.2, 0.25) is 0 Å². The Hall–Kier alpha value is -0.0157. The molecular weight excluding hydrogens is 328 g/mol. The minimum absolute atomic E-state index is 0. The van der Waals surface area contributed by atoms with Crippen LogP contribution in [-0.2, 0) is 26.5 Å². The third-order valence-corrected chi connectivity index (χ3v) is 0.135. The van der Waals surface area contributed by atoms with Crippen LogP contribution in [0.5, 0.6) is 0 Å². The molecule has 0 aromatic heterocycles. The Morgan fingerprint density at radius 2 is 0.773 bits per heavy atom. The molecule has 0 saturated heterocycles. The molecule has 22 heavy (non-hydrogen) atoms. The van der Waals surface area contributed by atoms with Crippen LogP contribution in [0.2, 0.25) is 0 Å². The molecule has 0 fully saturated rings. The Labute approximate surface area is 149 Å². The van der Waals surface area contributed by atoms with Gasteiger partial charge in [0, 0.05) is 0 Å². The fraction of sp³-hybridized carbons (Fsp3) is 0.929. The number of aliphatic hydroxyl groups is 1. The SMILES string of the molecule is CC(C)[O-].CC(C)[O-].CC(C)[O-].CC(C)[O-].O=C(O)CO.[Ti+4]. The minimum atomic E-state index is -1.19. The zero-order chi connectivity index (χ0) is 18.6. The van der Waals surface area contributed by atoms with Crippen LogP contribution in [0, 0.1) is 0 Å². The molecule has 2 N–H and O–H groups in total. The first kappa shape index (κ1) is 37.9. The van der Waals surface area contributed by atoms with Crippen LogP contribution in [0.1, 0.15) is 55.4 Å². The molecule has 0 aromatic rings. The quantitative estimate of drug-likeness (QED) is 0.518. The number of aliphatic carboxylic acids is 1. The molecule has 0 rings (SSSR count). The average molecular weight is 360 g/mol. The van der Waals surface area contributed by atoms with Crippen molar-refractivity contribution in [2.75, 3.05) is 6.61 Å². The number of carboxylic acids is 1. The molecular formula is C14H32O7Ti.